The second-order valence-corrected chi connectivity index (χ2v) is 9.20. The summed E-state index contributed by atoms with van der Waals surface area (Å²) >= 11 is 5.30. The van der Waals surface area contributed by atoms with Crippen LogP contribution in [0.5, 0.6) is 0 Å². The number of hydrogen-bond acceptors (Lipinski definition) is 2. The number of hydrogen-bond donors (Lipinski definition) is 0. The van der Waals surface area contributed by atoms with E-state index < -0.39 is 0 Å². The Bertz CT molecular complexity index is 719. The van der Waals surface area contributed by atoms with Crippen molar-refractivity contribution in [3.63, 3.8) is 0 Å². The standard InChI is InChI=1S/C20H22BrNOS/c1-20(2,3)16-8-4-14(5-9-16)18(23)22-12-13-24-19(22)15-6-10-17(21)11-7-15/h4-11,19H,12-13H2,1-3H3. The van der Waals surface area contributed by atoms with E-state index in [1.807, 2.05) is 40.9 Å². The molecule has 0 N–H and O–H groups in total. The van der Waals surface area contributed by atoms with Crippen molar-refractivity contribution in [1.82, 2.24) is 4.90 Å². The lowest BCUT2D eigenvalue weighted by Crippen LogP contribution is -2.30. The lowest BCUT2D eigenvalue weighted by molar-refractivity contribution is 0.0760. The highest BCUT2D eigenvalue weighted by molar-refractivity contribution is 9.10. The van der Waals surface area contributed by atoms with Crippen molar-refractivity contribution in [2.45, 2.75) is 31.6 Å². The smallest absolute Gasteiger partial charge is 0.255 e. The number of halogens is 1. The van der Waals surface area contributed by atoms with Gasteiger partial charge in [0.2, 0.25) is 0 Å². The molecule has 1 aliphatic heterocycles. The van der Waals surface area contributed by atoms with Crippen LogP contribution in [0.25, 0.3) is 0 Å². The number of rotatable bonds is 2. The molecule has 0 spiro atoms. The van der Waals surface area contributed by atoms with Crippen molar-refractivity contribution in [3.05, 3.63) is 69.7 Å². The molecule has 1 amide bonds. The zero-order valence-electron chi connectivity index (χ0n) is 14.3. The van der Waals surface area contributed by atoms with E-state index >= 15 is 0 Å². The molecule has 1 saturated heterocycles. The van der Waals surface area contributed by atoms with Crippen LogP contribution in [-0.2, 0) is 5.41 Å². The molecule has 1 atom stereocenters. The fraction of sp³-hybridized carbons (Fsp3) is 0.350. The fourth-order valence-corrected chi connectivity index (χ4v) is 4.38. The Morgan fingerprint density at radius 1 is 1.08 bits per heavy atom. The summed E-state index contributed by atoms with van der Waals surface area (Å²) in [4.78, 5) is 14.9. The highest BCUT2D eigenvalue weighted by Crippen LogP contribution is 2.39. The number of thioether (sulfide) groups is 1. The van der Waals surface area contributed by atoms with Crippen LogP contribution in [-0.4, -0.2) is 23.1 Å². The predicted molar refractivity (Wildman–Crippen MR) is 106 cm³/mol. The number of carbonyl (C=O) groups excluding carboxylic acids is 1. The summed E-state index contributed by atoms with van der Waals surface area (Å²) in [6.07, 6.45) is 0. The Hall–Kier alpha value is -1.26. The molecule has 0 aromatic heterocycles. The van der Waals surface area contributed by atoms with Crippen molar-refractivity contribution in [2.24, 2.45) is 0 Å². The zero-order valence-corrected chi connectivity index (χ0v) is 16.7. The first-order valence-corrected chi connectivity index (χ1v) is 9.99. The molecular weight excluding hydrogens is 382 g/mol. The molecule has 0 radical (unpaired) electrons. The third-order valence-electron chi connectivity index (χ3n) is 4.30. The Labute approximate surface area is 156 Å². The van der Waals surface area contributed by atoms with Gasteiger partial charge in [-0.2, -0.15) is 0 Å². The lowest BCUT2D eigenvalue weighted by atomic mass is 9.86. The largest absolute Gasteiger partial charge is 0.322 e. The summed E-state index contributed by atoms with van der Waals surface area (Å²) in [5.41, 5.74) is 3.30. The van der Waals surface area contributed by atoms with Crippen LogP contribution in [0.1, 0.15) is 47.6 Å². The normalized spacial score (nSPS) is 18.0. The number of benzene rings is 2. The fourth-order valence-electron chi connectivity index (χ4n) is 2.86. The van der Waals surface area contributed by atoms with Crippen molar-refractivity contribution < 1.29 is 4.79 Å². The van der Waals surface area contributed by atoms with Gasteiger partial charge in [-0.15, -0.1) is 11.8 Å². The third-order valence-corrected chi connectivity index (χ3v) is 6.09. The highest BCUT2D eigenvalue weighted by Gasteiger charge is 2.31. The Morgan fingerprint density at radius 2 is 1.71 bits per heavy atom. The maximum Gasteiger partial charge on any atom is 0.255 e. The Kier molecular flexibility index (Phi) is 5.07. The van der Waals surface area contributed by atoms with Gasteiger partial charge in [-0.05, 0) is 40.8 Å². The van der Waals surface area contributed by atoms with E-state index in [-0.39, 0.29) is 16.7 Å². The van der Waals surface area contributed by atoms with Crippen LogP contribution in [0, 0.1) is 0 Å². The first-order chi connectivity index (χ1) is 11.4. The third kappa shape index (κ3) is 3.70. The molecule has 3 rings (SSSR count). The minimum absolute atomic E-state index is 0.102. The van der Waals surface area contributed by atoms with E-state index in [4.69, 9.17) is 0 Å². The van der Waals surface area contributed by atoms with Gasteiger partial charge in [0.15, 0.2) is 0 Å². The number of nitrogens with zero attached hydrogens (tertiary/aromatic N) is 1. The SMILES string of the molecule is CC(C)(C)c1ccc(C(=O)N2CCSC2c2ccc(Br)cc2)cc1. The number of amides is 1. The van der Waals surface area contributed by atoms with E-state index in [1.54, 1.807) is 0 Å². The lowest BCUT2D eigenvalue weighted by Gasteiger charge is -2.25. The number of carbonyl (C=O) groups is 1. The predicted octanol–water partition coefficient (Wildman–Crippen LogP) is 5.63. The molecule has 24 heavy (non-hydrogen) atoms. The van der Waals surface area contributed by atoms with Gasteiger partial charge in [-0.3, -0.25) is 4.79 Å². The Morgan fingerprint density at radius 3 is 2.29 bits per heavy atom. The van der Waals surface area contributed by atoms with Crippen LogP contribution in [0.2, 0.25) is 0 Å². The molecule has 0 saturated carbocycles. The van der Waals surface area contributed by atoms with Crippen LogP contribution >= 0.6 is 27.7 Å². The maximum atomic E-state index is 13.0. The molecule has 1 fully saturated rings. The first-order valence-electron chi connectivity index (χ1n) is 8.15. The van der Waals surface area contributed by atoms with Gasteiger partial charge in [-0.1, -0.05) is 61.0 Å². The summed E-state index contributed by atoms with van der Waals surface area (Å²) in [5.74, 6) is 1.10. The van der Waals surface area contributed by atoms with Crippen LogP contribution in [0.15, 0.2) is 53.0 Å². The van der Waals surface area contributed by atoms with Gasteiger partial charge in [0, 0.05) is 22.3 Å². The molecule has 1 aliphatic rings. The molecule has 2 aromatic rings. The molecule has 0 bridgehead atoms. The van der Waals surface area contributed by atoms with E-state index in [2.05, 4.69) is 61.0 Å². The average molecular weight is 404 g/mol. The first kappa shape index (κ1) is 17.6. The van der Waals surface area contributed by atoms with Crippen molar-refractivity contribution in [2.75, 3.05) is 12.3 Å². The summed E-state index contributed by atoms with van der Waals surface area (Å²) < 4.78 is 1.06. The topological polar surface area (TPSA) is 20.3 Å². The van der Waals surface area contributed by atoms with Crippen molar-refractivity contribution >= 4 is 33.6 Å². The molecule has 1 unspecified atom stereocenters. The van der Waals surface area contributed by atoms with E-state index in [0.717, 1.165) is 22.3 Å². The van der Waals surface area contributed by atoms with Gasteiger partial charge >= 0.3 is 0 Å². The average Bonchev–Trinajstić information content (AvgIpc) is 3.04. The Balaban J connectivity index is 1.82. The molecule has 0 aliphatic carbocycles. The molecule has 2 nitrogen and oxygen atoms in total. The minimum atomic E-state index is 0.102. The molecular formula is C20H22BrNOS. The van der Waals surface area contributed by atoms with Crippen molar-refractivity contribution in [1.29, 1.82) is 0 Å². The zero-order chi connectivity index (χ0) is 17.3. The quantitative estimate of drug-likeness (QED) is 0.646. The van der Waals surface area contributed by atoms with E-state index in [1.165, 1.54) is 11.1 Å². The second kappa shape index (κ2) is 6.93. The summed E-state index contributed by atoms with van der Waals surface area (Å²) in [7, 11) is 0. The van der Waals surface area contributed by atoms with Gasteiger partial charge in [0.1, 0.15) is 5.37 Å². The molecule has 4 heteroatoms. The molecule has 126 valence electrons. The minimum Gasteiger partial charge on any atom is -0.322 e. The van der Waals surface area contributed by atoms with Crippen LogP contribution in [0.4, 0.5) is 0 Å². The summed E-state index contributed by atoms with van der Waals surface area (Å²) in [6, 6.07) is 16.3. The van der Waals surface area contributed by atoms with E-state index in [0.29, 0.717) is 0 Å². The summed E-state index contributed by atoms with van der Waals surface area (Å²) in [6.45, 7) is 7.35. The summed E-state index contributed by atoms with van der Waals surface area (Å²) in [5, 5.41) is 0.105. The molecule has 1 heterocycles. The van der Waals surface area contributed by atoms with Crippen LogP contribution < -0.4 is 0 Å². The van der Waals surface area contributed by atoms with Gasteiger partial charge in [0.25, 0.3) is 5.91 Å². The molecule has 2 aromatic carbocycles. The van der Waals surface area contributed by atoms with Crippen molar-refractivity contribution in [3.8, 4) is 0 Å². The second-order valence-electron chi connectivity index (χ2n) is 7.10. The maximum absolute atomic E-state index is 13.0. The van der Waals surface area contributed by atoms with E-state index in [9.17, 15) is 4.79 Å². The van der Waals surface area contributed by atoms with Gasteiger partial charge < -0.3 is 4.90 Å². The van der Waals surface area contributed by atoms with Crippen LogP contribution in [0.3, 0.4) is 0 Å². The van der Waals surface area contributed by atoms with Gasteiger partial charge in [-0.25, -0.2) is 0 Å². The van der Waals surface area contributed by atoms with Gasteiger partial charge in [0.05, 0.1) is 0 Å². The monoisotopic (exact) mass is 403 g/mol. The highest BCUT2D eigenvalue weighted by atomic mass is 79.9.